The predicted octanol–water partition coefficient (Wildman–Crippen LogP) is 2.88. The third kappa shape index (κ3) is 3.30. The standard InChI is InChI=1S/C14H13FN2O3/c15-11-6-12(8-13(7-11)17(19)20)16-14(9-18)10-4-2-1-3-5-10/h1-8,14,16,18H,9H2. The molecule has 2 N–H and O–H groups in total. The first-order valence-corrected chi connectivity index (χ1v) is 5.97. The minimum Gasteiger partial charge on any atom is -0.394 e. The van der Waals surface area contributed by atoms with Gasteiger partial charge in [0.25, 0.3) is 5.69 Å². The lowest BCUT2D eigenvalue weighted by Gasteiger charge is -2.18. The molecule has 0 saturated heterocycles. The number of hydrogen-bond acceptors (Lipinski definition) is 4. The molecule has 0 heterocycles. The molecule has 5 nitrogen and oxygen atoms in total. The van der Waals surface area contributed by atoms with Crippen LogP contribution >= 0.6 is 0 Å². The average Bonchev–Trinajstić information content (AvgIpc) is 2.45. The Bertz CT molecular complexity index is 605. The molecule has 2 aromatic rings. The zero-order valence-corrected chi connectivity index (χ0v) is 10.5. The SMILES string of the molecule is O=[N+]([O-])c1cc(F)cc(NC(CO)c2ccccc2)c1. The van der Waals surface area contributed by atoms with E-state index in [9.17, 15) is 19.6 Å². The van der Waals surface area contributed by atoms with E-state index in [1.165, 1.54) is 6.07 Å². The number of anilines is 1. The fourth-order valence-corrected chi connectivity index (χ4v) is 1.88. The maximum atomic E-state index is 13.3. The van der Waals surface area contributed by atoms with Gasteiger partial charge in [-0.05, 0) is 11.6 Å². The Morgan fingerprint density at radius 2 is 1.95 bits per heavy atom. The molecular weight excluding hydrogens is 263 g/mol. The topological polar surface area (TPSA) is 75.4 Å². The van der Waals surface area contributed by atoms with E-state index in [1.807, 2.05) is 30.3 Å². The van der Waals surface area contributed by atoms with Crippen LogP contribution < -0.4 is 5.32 Å². The van der Waals surface area contributed by atoms with Gasteiger partial charge in [-0.25, -0.2) is 4.39 Å². The van der Waals surface area contributed by atoms with Gasteiger partial charge < -0.3 is 10.4 Å². The minimum absolute atomic E-state index is 0.214. The first kappa shape index (κ1) is 14.0. The van der Waals surface area contributed by atoms with Crippen LogP contribution in [0.15, 0.2) is 48.5 Å². The fourth-order valence-electron chi connectivity index (χ4n) is 1.88. The van der Waals surface area contributed by atoms with Gasteiger partial charge in [-0.2, -0.15) is 0 Å². The summed E-state index contributed by atoms with van der Waals surface area (Å²) in [5.41, 5.74) is 0.721. The summed E-state index contributed by atoms with van der Waals surface area (Å²) in [5, 5.41) is 23.0. The van der Waals surface area contributed by atoms with E-state index in [4.69, 9.17) is 0 Å². The van der Waals surface area contributed by atoms with Gasteiger partial charge in [-0.15, -0.1) is 0 Å². The Kier molecular flexibility index (Phi) is 4.27. The van der Waals surface area contributed by atoms with Crippen LogP contribution in [-0.4, -0.2) is 16.6 Å². The van der Waals surface area contributed by atoms with Crippen molar-refractivity contribution in [3.8, 4) is 0 Å². The molecule has 2 aromatic carbocycles. The van der Waals surface area contributed by atoms with Crippen LogP contribution in [0, 0.1) is 15.9 Å². The van der Waals surface area contributed by atoms with E-state index < -0.39 is 16.8 Å². The Morgan fingerprint density at radius 1 is 1.25 bits per heavy atom. The normalized spacial score (nSPS) is 11.9. The van der Waals surface area contributed by atoms with Crippen molar-refractivity contribution in [3.63, 3.8) is 0 Å². The lowest BCUT2D eigenvalue weighted by molar-refractivity contribution is -0.385. The Balaban J connectivity index is 2.26. The van der Waals surface area contributed by atoms with Crippen LogP contribution in [0.3, 0.4) is 0 Å². The lowest BCUT2D eigenvalue weighted by atomic mass is 10.1. The zero-order chi connectivity index (χ0) is 14.5. The third-order valence-electron chi connectivity index (χ3n) is 2.82. The number of benzene rings is 2. The number of halogens is 1. The van der Waals surface area contributed by atoms with Crippen LogP contribution in [0.1, 0.15) is 11.6 Å². The van der Waals surface area contributed by atoms with Crippen molar-refractivity contribution in [1.29, 1.82) is 0 Å². The van der Waals surface area contributed by atoms with Crippen molar-refractivity contribution in [2.24, 2.45) is 0 Å². The Hall–Kier alpha value is -2.47. The number of nitro benzene ring substituents is 1. The maximum absolute atomic E-state index is 13.3. The van der Waals surface area contributed by atoms with Gasteiger partial charge in [0.1, 0.15) is 5.82 Å². The quantitative estimate of drug-likeness (QED) is 0.650. The number of nitrogens with zero attached hydrogens (tertiary/aromatic N) is 1. The van der Waals surface area contributed by atoms with E-state index in [2.05, 4.69) is 5.32 Å². The van der Waals surface area contributed by atoms with Crippen molar-refractivity contribution in [1.82, 2.24) is 0 Å². The number of nitro groups is 1. The van der Waals surface area contributed by atoms with E-state index in [-0.39, 0.29) is 18.0 Å². The maximum Gasteiger partial charge on any atom is 0.274 e. The molecule has 20 heavy (non-hydrogen) atoms. The van der Waals surface area contributed by atoms with Gasteiger partial charge in [-0.1, -0.05) is 30.3 Å². The third-order valence-corrected chi connectivity index (χ3v) is 2.82. The molecule has 0 aliphatic carbocycles. The molecular formula is C14H13FN2O3. The average molecular weight is 276 g/mol. The van der Waals surface area contributed by atoms with Crippen molar-refractivity contribution in [2.75, 3.05) is 11.9 Å². The molecule has 0 radical (unpaired) electrons. The number of aliphatic hydroxyl groups excluding tert-OH is 1. The molecule has 0 amide bonds. The molecule has 0 aliphatic heterocycles. The van der Waals surface area contributed by atoms with Crippen molar-refractivity contribution in [3.05, 3.63) is 70.0 Å². The summed E-state index contributed by atoms with van der Waals surface area (Å²) in [6.45, 7) is -0.214. The first-order chi connectivity index (χ1) is 9.60. The highest BCUT2D eigenvalue weighted by molar-refractivity contribution is 5.53. The molecule has 6 heteroatoms. The number of hydrogen-bond donors (Lipinski definition) is 2. The molecule has 0 saturated carbocycles. The summed E-state index contributed by atoms with van der Waals surface area (Å²) < 4.78 is 13.3. The molecule has 0 aromatic heterocycles. The fraction of sp³-hybridized carbons (Fsp3) is 0.143. The second-order valence-corrected chi connectivity index (χ2v) is 4.25. The highest BCUT2D eigenvalue weighted by Gasteiger charge is 2.14. The number of rotatable bonds is 5. The summed E-state index contributed by atoms with van der Waals surface area (Å²) in [4.78, 5) is 10.0. The summed E-state index contributed by atoms with van der Waals surface area (Å²) in [6, 6.07) is 11.8. The second kappa shape index (κ2) is 6.12. The highest BCUT2D eigenvalue weighted by Crippen LogP contribution is 2.24. The van der Waals surface area contributed by atoms with Crippen LogP contribution in [0.5, 0.6) is 0 Å². The van der Waals surface area contributed by atoms with Gasteiger partial charge in [-0.3, -0.25) is 10.1 Å². The second-order valence-electron chi connectivity index (χ2n) is 4.25. The van der Waals surface area contributed by atoms with E-state index in [0.717, 1.165) is 17.7 Å². The van der Waals surface area contributed by atoms with Gasteiger partial charge >= 0.3 is 0 Å². The monoisotopic (exact) mass is 276 g/mol. The molecule has 0 bridgehead atoms. The van der Waals surface area contributed by atoms with E-state index in [1.54, 1.807) is 0 Å². The van der Waals surface area contributed by atoms with Crippen LogP contribution in [0.25, 0.3) is 0 Å². The minimum atomic E-state index is -0.702. The van der Waals surface area contributed by atoms with Crippen molar-refractivity contribution >= 4 is 11.4 Å². The molecule has 0 spiro atoms. The smallest absolute Gasteiger partial charge is 0.274 e. The summed E-state index contributed by atoms with van der Waals surface area (Å²) >= 11 is 0. The van der Waals surface area contributed by atoms with Crippen molar-refractivity contribution in [2.45, 2.75) is 6.04 Å². The summed E-state index contributed by atoms with van der Waals surface area (Å²) in [6.07, 6.45) is 0. The van der Waals surface area contributed by atoms with Gasteiger partial charge in [0.15, 0.2) is 0 Å². The van der Waals surface area contributed by atoms with Crippen LogP contribution in [0.4, 0.5) is 15.8 Å². The summed E-state index contributed by atoms with van der Waals surface area (Å²) in [5.74, 6) is -0.702. The van der Waals surface area contributed by atoms with Crippen LogP contribution in [-0.2, 0) is 0 Å². The number of aliphatic hydroxyl groups is 1. The number of non-ortho nitro benzene ring substituents is 1. The van der Waals surface area contributed by atoms with E-state index in [0.29, 0.717) is 0 Å². The Labute approximate surface area is 114 Å². The molecule has 2 rings (SSSR count). The molecule has 104 valence electrons. The first-order valence-electron chi connectivity index (χ1n) is 5.97. The largest absolute Gasteiger partial charge is 0.394 e. The summed E-state index contributed by atoms with van der Waals surface area (Å²) in [7, 11) is 0. The van der Waals surface area contributed by atoms with Gasteiger partial charge in [0.2, 0.25) is 0 Å². The molecule has 0 aliphatic rings. The zero-order valence-electron chi connectivity index (χ0n) is 10.5. The lowest BCUT2D eigenvalue weighted by Crippen LogP contribution is -2.15. The predicted molar refractivity (Wildman–Crippen MR) is 72.9 cm³/mol. The van der Waals surface area contributed by atoms with Crippen LogP contribution in [0.2, 0.25) is 0 Å². The van der Waals surface area contributed by atoms with E-state index >= 15 is 0 Å². The Morgan fingerprint density at radius 3 is 2.55 bits per heavy atom. The highest BCUT2D eigenvalue weighted by atomic mass is 19.1. The van der Waals surface area contributed by atoms with Gasteiger partial charge in [0.05, 0.1) is 23.6 Å². The molecule has 1 unspecified atom stereocenters. The van der Waals surface area contributed by atoms with Crippen molar-refractivity contribution < 1.29 is 14.4 Å². The van der Waals surface area contributed by atoms with Gasteiger partial charge in [0, 0.05) is 11.8 Å². The molecule has 1 atom stereocenters. The number of nitrogens with one attached hydrogen (secondary N) is 1. The molecule has 0 fully saturated rings.